The molecule has 0 fully saturated rings. The van der Waals surface area contributed by atoms with Gasteiger partial charge in [-0.2, -0.15) is 0 Å². The lowest BCUT2D eigenvalue weighted by atomic mass is 10.1. The van der Waals surface area contributed by atoms with E-state index in [2.05, 4.69) is 15.4 Å². The first kappa shape index (κ1) is 16.7. The Bertz CT molecular complexity index is 670. The van der Waals surface area contributed by atoms with Crippen molar-refractivity contribution in [3.05, 3.63) is 59.7 Å². The summed E-state index contributed by atoms with van der Waals surface area (Å²) in [7, 11) is 1.71. The lowest BCUT2D eigenvalue weighted by Gasteiger charge is -2.11. The van der Waals surface area contributed by atoms with E-state index < -0.39 is 6.36 Å². The number of nitrogens with one attached hydrogen (secondary N) is 2. The molecule has 2 rings (SSSR count). The van der Waals surface area contributed by atoms with Gasteiger partial charge in [0.05, 0.1) is 5.56 Å². The summed E-state index contributed by atoms with van der Waals surface area (Å²) in [6.07, 6.45) is -4.72. The Kier molecular flexibility index (Phi) is 5.10. The van der Waals surface area contributed by atoms with Gasteiger partial charge in [0.2, 0.25) is 0 Å². The largest absolute Gasteiger partial charge is 0.573 e. The van der Waals surface area contributed by atoms with E-state index in [1.807, 2.05) is 6.07 Å². The van der Waals surface area contributed by atoms with Gasteiger partial charge in [0.25, 0.3) is 5.91 Å². The number of hydrogen-bond donors (Lipinski definition) is 2. The van der Waals surface area contributed by atoms with Crippen LogP contribution in [0, 0.1) is 0 Å². The molecular weight excluding hydrogens is 309 g/mol. The molecule has 7 heteroatoms. The highest BCUT2D eigenvalue weighted by atomic mass is 19.4. The Morgan fingerprint density at radius 1 is 1.09 bits per heavy atom. The SMILES string of the molecule is CNc1ccccc1C(=O)NCc1ccc(OC(F)(F)F)cc1. The van der Waals surface area contributed by atoms with Crippen LogP contribution in [-0.4, -0.2) is 19.3 Å². The van der Waals surface area contributed by atoms with Gasteiger partial charge in [-0.25, -0.2) is 0 Å². The molecule has 0 atom stereocenters. The number of para-hydroxylation sites is 1. The van der Waals surface area contributed by atoms with Crippen LogP contribution in [0.5, 0.6) is 5.75 Å². The Balaban J connectivity index is 1.97. The van der Waals surface area contributed by atoms with E-state index in [-0.39, 0.29) is 18.2 Å². The van der Waals surface area contributed by atoms with Crippen LogP contribution >= 0.6 is 0 Å². The third-order valence-corrected chi connectivity index (χ3v) is 3.05. The highest BCUT2D eigenvalue weighted by molar-refractivity contribution is 5.99. The number of carbonyl (C=O) groups is 1. The highest BCUT2D eigenvalue weighted by Crippen LogP contribution is 2.22. The quantitative estimate of drug-likeness (QED) is 0.884. The fraction of sp³-hybridized carbons (Fsp3) is 0.188. The monoisotopic (exact) mass is 324 g/mol. The van der Waals surface area contributed by atoms with Gasteiger partial charge in [0.15, 0.2) is 0 Å². The zero-order valence-electron chi connectivity index (χ0n) is 12.3. The maximum Gasteiger partial charge on any atom is 0.573 e. The van der Waals surface area contributed by atoms with Crippen molar-refractivity contribution in [2.45, 2.75) is 12.9 Å². The average molecular weight is 324 g/mol. The van der Waals surface area contributed by atoms with Gasteiger partial charge in [-0.3, -0.25) is 4.79 Å². The summed E-state index contributed by atoms with van der Waals surface area (Å²) in [6.45, 7) is 0.198. The second-order valence-electron chi connectivity index (χ2n) is 4.67. The van der Waals surface area contributed by atoms with E-state index in [4.69, 9.17) is 0 Å². The third-order valence-electron chi connectivity index (χ3n) is 3.05. The van der Waals surface area contributed by atoms with Crippen molar-refractivity contribution in [2.24, 2.45) is 0 Å². The average Bonchev–Trinajstić information content (AvgIpc) is 2.52. The first-order valence-electron chi connectivity index (χ1n) is 6.79. The lowest BCUT2D eigenvalue weighted by Crippen LogP contribution is -2.23. The number of alkyl halides is 3. The first-order chi connectivity index (χ1) is 10.9. The zero-order valence-corrected chi connectivity index (χ0v) is 12.3. The van der Waals surface area contributed by atoms with Crippen LogP contribution in [0.1, 0.15) is 15.9 Å². The molecule has 0 aromatic heterocycles. The molecule has 0 spiro atoms. The van der Waals surface area contributed by atoms with Crippen LogP contribution in [0.15, 0.2) is 48.5 Å². The van der Waals surface area contributed by atoms with Gasteiger partial charge in [-0.05, 0) is 29.8 Å². The molecule has 2 aromatic rings. The summed E-state index contributed by atoms with van der Waals surface area (Å²) >= 11 is 0. The van der Waals surface area contributed by atoms with E-state index in [1.165, 1.54) is 24.3 Å². The minimum Gasteiger partial charge on any atom is -0.406 e. The first-order valence-corrected chi connectivity index (χ1v) is 6.79. The van der Waals surface area contributed by atoms with Gasteiger partial charge in [-0.15, -0.1) is 13.2 Å². The fourth-order valence-electron chi connectivity index (χ4n) is 1.99. The van der Waals surface area contributed by atoms with E-state index in [0.29, 0.717) is 16.8 Å². The molecule has 2 N–H and O–H groups in total. The molecule has 2 aromatic carbocycles. The molecule has 0 aliphatic heterocycles. The van der Waals surface area contributed by atoms with Crippen molar-refractivity contribution in [3.63, 3.8) is 0 Å². The number of benzene rings is 2. The number of carbonyl (C=O) groups excluding carboxylic acids is 1. The number of amides is 1. The molecule has 0 aliphatic rings. The Hall–Kier alpha value is -2.70. The molecule has 0 unspecified atom stereocenters. The molecule has 0 bridgehead atoms. The molecule has 0 heterocycles. The van der Waals surface area contributed by atoms with Crippen molar-refractivity contribution in [2.75, 3.05) is 12.4 Å². The predicted molar refractivity (Wildman–Crippen MR) is 80.3 cm³/mol. The number of halogens is 3. The number of hydrogen-bond acceptors (Lipinski definition) is 3. The topological polar surface area (TPSA) is 50.4 Å². The summed E-state index contributed by atoms with van der Waals surface area (Å²) in [6, 6.07) is 12.4. The van der Waals surface area contributed by atoms with Gasteiger partial charge in [0.1, 0.15) is 5.75 Å². The number of rotatable bonds is 5. The van der Waals surface area contributed by atoms with Crippen molar-refractivity contribution in [3.8, 4) is 5.75 Å². The summed E-state index contributed by atoms with van der Waals surface area (Å²) < 4.78 is 40.0. The molecule has 0 saturated carbocycles. The van der Waals surface area contributed by atoms with Gasteiger partial charge in [-0.1, -0.05) is 24.3 Å². The van der Waals surface area contributed by atoms with Gasteiger partial charge < -0.3 is 15.4 Å². The second-order valence-corrected chi connectivity index (χ2v) is 4.67. The molecule has 1 amide bonds. The van der Waals surface area contributed by atoms with E-state index >= 15 is 0 Å². The second kappa shape index (κ2) is 7.04. The van der Waals surface area contributed by atoms with Gasteiger partial charge in [0, 0.05) is 19.3 Å². The number of ether oxygens (including phenoxy) is 1. The molecule has 23 heavy (non-hydrogen) atoms. The molecule has 0 saturated heterocycles. The standard InChI is InChI=1S/C16H15F3N2O2/c1-20-14-5-3-2-4-13(14)15(22)21-10-11-6-8-12(9-7-11)23-16(17,18)19/h2-9,20H,10H2,1H3,(H,21,22). The van der Waals surface area contributed by atoms with Crippen molar-refractivity contribution < 1.29 is 22.7 Å². The van der Waals surface area contributed by atoms with Crippen molar-refractivity contribution in [1.29, 1.82) is 0 Å². The maximum absolute atomic E-state index is 12.1. The summed E-state index contributed by atoms with van der Waals surface area (Å²) in [5.74, 6) is -0.571. The summed E-state index contributed by atoms with van der Waals surface area (Å²) in [4.78, 5) is 12.1. The molecule has 4 nitrogen and oxygen atoms in total. The van der Waals surface area contributed by atoms with Crippen molar-refractivity contribution in [1.82, 2.24) is 5.32 Å². The van der Waals surface area contributed by atoms with Crippen LogP contribution in [-0.2, 0) is 6.54 Å². The van der Waals surface area contributed by atoms with Crippen LogP contribution < -0.4 is 15.4 Å². The number of anilines is 1. The minimum atomic E-state index is -4.72. The van der Waals surface area contributed by atoms with Crippen LogP contribution in [0.25, 0.3) is 0 Å². The fourth-order valence-corrected chi connectivity index (χ4v) is 1.99. The van der Waals surface area contributed by atoms with Crippen LogP contribution in [0.3, 0.4) is 0 Å². The molecule has 0 aliphatic carbocycles. The predicted octanol–water partition coefficient (Wildman–Crippen LogP) is 3.56. The highest BCUT2D eigenvalue weighted by Gasteiger charge is 2.30. The summed E-state index contributed by atoms with van der Waals surface area (Å²) in [5.41, 5.74) is 1.85. The zero-order chi connectivity index (χ0) is 16.9. The maximum atomic E-state index is 12.1. The molecule has 122 valence electrons. The van der Waals surface area contributed by atoms with E-state index in [9.17, 15) is 18.0 Å². The Labute approximate surface area is 131 Å². The Morgan fingerprint density at radius 3 is 2.35 bits per heavy atom. The van der Waals surface area contributed by atoms with Crippen molar-refractivity contribution >= 4 is 11.6 Å². The third kappa shape index (κ3) is 4.91. The normalized spacial score (nSPS) is 11.0. The minimum absolute atomic E-state index is 0.198. The Morgan fingerprint density at radius 2 is 1.74 bits per heavy atom. The van der Waals surface area contributed by atoms with Gasteiger partial charge >= 0.3 is 6.36 Å². The smallest absolute Gasteiger partial charge is 0.406 e. The van der Waals surface area contributed by atoms with Crippen LogP contribution in [0.2, 0.25) is 0 Å². The summed E-state index contributed by atoms with van der Waals surface area (Å²) in [5, 5.41) is 5.64. The van der Waals surface area contributed by atoms with E-state index in [1.54, 1.807) is 25.2 Å². The van der Waals surface area contributed by atoms with E-state index in [0.717, 1.165) is 0 Å². The lowest BCUT2D eigenvalue weighted by molar-refractivity contribution is -0.274. The van der Waals surface area contributed by atoms with Crippen LogP contribution in [0.4, 0.5) is 18.9 Å². The molecular formula is C16H15F3N2O2. The molecule has 0 radical (unpaired) electrons.